The molecule has 3 aromatic heterocycles. The summed E-state index contributed by atoms with van der Waals surface area (Å²) in [5, 5.41) is 14.2. The van der Waals surface area contributed by atoms with Crippen LogP contribution in [0.3, 0.4) is 0 Å². The normalized spacial score (nSPS) is 20.9. The fraction of sp³-hybridized carbons (Fsp3) is 0.621. The van der Waals surface area contributed by atoms with Crippen LogP contribution in [0.4, 0.5) is 22.0 Å². The van der Waals surface area contributed by atoms with Crippen LogP contribution >= 0.6 is 0 Å². The van der Waals surface area contributed by atoms with Crippen molar-refractivity contribution in [1.29, 1.82) is 0 Å². The van der Waals surface area contributed by atoms with Crippen molar-refractivity contribution in [2.45, 2.75) is 101 Å². The highest BCUT2D eigenvalue weighted by Crippen LogP contribution is 2.43. The maximum absolute atomic E-state index is 14.0. The van der Waals surface area contributed by atoms with Crippen LogP contribution in [0.2, 0.25) is 0 Å². The smallest absolute Gasteiger partial charge is 0.364 e. The van der Waals surface area contributed by atoms with Crippen LogP contribution in [0.25, 0.3) is 5.65 Å². The third-order valence-electron chi connectivity index (χ3n) is 8.94. The lowest BCUT2D eigenvalue weighted by Crippen LogP contribution is -2.37. The Morgan fingerprint density at radius 1 is 1.05 bits per heavy atom. The lowest BCUT2D eigenvalue weighted by atomic mass is 9.80. The molecule has 3 aromatic rings. The predicted molar refractivity (Wildman–Crippen MR) is 142 cm³/mol. The first-order valence-corrected chi connectivity index (χ1v) is 14.8. The minimum Gasteiger partial charge on any atom is -0.364 e. The van der Waals surface area contributed by atoms with Gasteiger partial charge >= 0.3 is 6.18 Å². The number of hydrogen-bond acceptors (Lipinski definition) is 6. The Morgan fingerprint density at radius 3 is 2.42 bits per heavy atom. The van der Waals surface area contributed by atoms with Crippen LogP contribution in [-0.2, 0) is 4.79 Å². The number of hydrogen-bond donors (Lipinski definition) is 2. The van der Waals surface area contributed by atoms with Crippen molar-refractivity contribution in [3.05, 3.63) is 47.2 Å². The lowest BCUT2D eigenvalue weighted by molar-refractivity contribution is -0.144. The number of rotatable bonds is 10. The van der Waals surface area contributed by atoms with E-state index in [2.05, 4.69) is 20.9 Å². The summed E-state index contributed by atoms with van der Waals surface area (Å²) in [6.45, 7) is 0. The Bertz CT molecular complexity index is 1470. The van der Waals surface area contributed by atoms with Gasteiger partial charge in [-0.05, 0) is 62.0 Å². The van der Waals surface area contributed by atoms with Crippen molar-refractivity contribution in [1.82, 2.24) is 30.4 Å². The molecule has 0 saturated heterocycles. The Balaban J connectivity index is 1.25. The van der Waals surface area contributed by atoms with Crippen molar-refractivity contribution in [2.24, 2.45) is 11.8 Å². The number of carbonyl (C=O) groups excluding carboxylic acids is 2. The number of alkyl halides is 5. The molecule has 0 radical (unpaired) electrons. The molecule has 2 atom stereocenters. The van der Waals surface area contributed by atoms with E-state index in [9.17, 15) is 31.5 Å². The summed E-state index contributed by atoms with van der Waals surface area (Å²) in [6, 6.07) is 0.527. The zero-order chi connectivity index (χ0) is 30.4. The van der Waals surface area contributed by atoms with E-state index in [4.69, 9.17) is 9.51 Å². The molecule has 6 rings (SSSR count). The number of nitrogens with zero attached hydrogens (tertiary/aromatic N) is 4. The van der Waals surface area contributed by atoms with E-state index in [-0.39, 0.29) is 43.4 Å². The van der Waals surface area contributed by atoms with Gasteiger partial charge in [-0.1, -0.05) is 11.6 Å². The standard InChI is InChI=1S/C29H33F5N6O3/c30-28(31)9-6-18(7-10-28)26(38-27(42)20-15-43-39-25(20)16-2-1-3-16)21-14-40-22(36-21)12-19(13-35-40)24(17-4-5-17)37-23(41)8-11-29(32,33)34/h12-18,24,26H,1-11H2,(H,37,41)(H,38,42)/t24-,26+/m1/s1. The van der Waals surface area contributed by atoms with Gasteiger partial charge in [0.2, 0.25) is 11.8 Å². The van der Waals surface area contributed by atoms with Crippen LogP contribution < -0.4 is 10.6 Å². The second kappa shape index (κ2) is 11.5. The van der Waals surface area contributed by atoms with Gasteiger partial charge in [0.1, 0.15) is 11.8 Å². The van der Waals surface area contributed by atoms with Gasteiger partial charge in [0.25, 0.3) is 5.91 Å². The first-order valence-electron chi connectivity index (χ1n) is 14.8. The molecule has 0 aromatic carbocycles. The molecule has 2 N–H and O–H groups in total. The third-order valence-corrected chi connectivity index (χ3v) is 8.94. The molecule has 3 aliphatic rings. The van der Waals surface area contributed by atoms with Gasteiger partial charge in [0.15, 0.2) is 5.65 Å². The minimum absolute atomic E-state index is 0.0814. The zero-order valence-corrected chi connectivity index (χ0v) is 23.4. The molecule has 14 heteroatoms. The summed E-state index contributed by atoms with van der Waals surface area (Å²) in [6.07, 6.45) is 2.53. The van der Waals surface area contributed by atoms with E-state index in [0.29, 0.717) is 28.2 Å². The number of imidazole rings is 1. The number of amides is 2. The van der Waals surface area contributed by atoms with Gasteiger partial charge in [0.05, 0.1) is 42.3 Å². The maximum atomic E-state index is 14.0. The van der Waals surface area contributed by atoms with Gasteiger partial charge < -0.3 is 15.2 Å². The second-order valence-electron chi connectivity index (χ2n) is 12.1. The first-order chi connectivity index (χ1) is 20.5. The van der Waals surface area contributed by atoms with Gasteiger partial charge in [-0.3, -0.25) is 9.59 Å². The van der Waals surface area contributed by atoms with Gasteiger partial charge in [-0.25, -0.2) is 18.3 Å². The summed E-state index contributed by atoms with van der Waals surface area (Å²) in [5.74, 6) is -3.92. The molecule has 2 amide bonds. The van der Waals surface area contributed by atoms with E-state index in [1.165, 1.54) is 10.8 Å². The van der Waals surface area contributed by atoms with Crippen LogP contribution in [0.15, 0.2) is 29.2 Å². The van der Waals surface area contributed by atoms with Crippen molar-refractivity contribution in [3.8, 4) is 0 Å². The van der Waals surface area contributed by atoms with Crippen molar-refractivity contribution in [3.63, 3.8) is 0 Å². The first kappa shape index (κ1) is 29.5. The highest BCUT2D eigenvalue weighted by atomic mass is 19.4. The molecule has 0 spiro atoms. The topological polar surface area (TPSA) is 114 Å². The van der Waals surface area contributed by atoms with E-state index in [1.807, 2.05) is 0 Å². The largest absolute Gasteiger partial charge is 0.389 e. The van der Waals surface area contributed by atoms with Crippen molar-refractivity contribution in [2.75, 3.05) is 0 Å². The zero-order valence-electron chi connectivity index (χ0n) is 23.4. The lowest BCUT2D eigenvalue weighted by Gasteiger charge is -2.33. The number of carbonyl (C=O) groups is 2. The van der Waals surface area contributed by atoms with Crippen molar-refractivity contribution >= 4 is 17.5 Å². The van der Waals surface area contributed by atoms with Gasteiger partial charge in [0, 0.05) is 25.2 Å². The van der Waals surface area contributed by atoms with Crippen LogP contribution in [0, 0.1) is 11.8 Å². The SMILES string of the molecule is O=C(CCC(F)(F)F)N[C@@H](c1cnn2cc([C@@H](NC(=O)c3conc3C3CCC3)C3CCC(F)(F)CC3)nc2c1)C1CC1. The molecule has 3 saturated carbocycles. The Morgan fingerprint density at radius 2 is 1.77 bits per heavy atom. The third kappa shape index (κ3) is 6.82. The number of fused-ring (bicyclic) bond motifs is 1. The average molecular weight is 609 g/mol. The predicted octanol–water partition coefficient (Wildman–Crippen LogP) is 6.19. The summed E-state index contributed by atoms with van der Waals surface area (Å²) in [5.41, 5.74) is 2.39. The number of aromatic nitrogens is 4. The fourth-order valence-corrected chi connectivity index (χ4v) is 6.07. The average Bonchev–Trinajstić information content (AvgIpc) is 3.49. The second-order valence-corrected chi connectivity index (χ2v) is 12.1. The Hall–Kier alpha value is -3.58. The quantitative estimate of drug-likeness (QED) is 0.265. The van der Waals surface area contributed by atoms with E-state index >= 15 is 0 Å². The van der Waals surface area contributed by atoms with Gasteiger partial charge in [-0.15, -0.1) is 0 Å². The molecular formula is C29H33F5N6O3. The molecule has 43 heavy (non-hydrogen) atoms. The highest BCUT2D eigenvalue weighted by molar-refractivity contribution is 5.95. The number of nitrogens with one attached hydrogen (secondary N) is 2. The summed E-state index contributed by atoms with van der Waals surface area (Å²) < 4.78 is 72.6. The molecule has 0 bridgehead atoms. The molecule has 3 heterocycles. The molecule has 0 aliphatic heterocycles. The molecule has 232 valence electrons. The Labute approximate surface area is 244 Å². The summed E-state index contributed by atoms with van der Waals surface area (Å²) in [4.78, 5) is 30.5. The van der Waals surface area contributed by atoms with Crippen molar-refractivity contribution < 1.29 is 36.1 Å². The molecular weight excluding hydrogens is 575 g/mol. The molecule has 0 unspecified atom stereocenters. The van der Waals surface area contributed by atoms with E-state index in [0.717, 1.165) is 32.1 Å². The number of halogens is 5. The van der Waals surface area contributed by atoms with Gasteiger partial charge in [-0.2, -0.15) is 18.3 Å². The molecule has 3 fully saturated rings. The molecule has 9 nitrogen and oxygen atoms in total. The van der Waals surface area contributed by atoms with Crippen LogP contribution in [0.5, 0.6) is 0 Å². The van der Waals surface area contributed by atoms with E-state index in [1.54, 1.807) is 18.5 Å². The highest BCUT2D eigenvalue weighted by Gasteiger charge is 2.40. The van der Waals surface area contributed by atoms with E-state index < -0.39 is 48.8 Å². The Kier molecular flexibility index (Phi) is 7.88. The fourth-order valence-electron chi connectivity index (χ4n) is 6.07. The summed E-state index contributed by atoms with van der Waals surface area (Å²) in [7, 11) is 0. The molecule has 3 aliphatic carbocycles. The minimum atomic E-state index is -4.42. The summed E-state index contributed by atoms with van der Waals surface area (Å²) >= 11 is 0. The maximum Gasteiger partial charge on any atom is 0.389 e. The monoisotopic (exact) mass is 608 g/mol. The van der Waals surface area contributed by atoms with Crippen LogP contribution in [-0.4, -0.2) is 43.7 Å². The van der Waals surface area contributed by atoms with Crippen LogP contribution in [0.1, 0.15) is 116 Å².